The maximum absolute atomic E-state index is 12.0. The molecule has 0 radical (unpaired) electrons. The molecule has 0 aromatic carbocycles. The first-order valence-corrected chi connectivity index (χ1v) is 12.1. The Kier molecular flexibility index (Phi) is 7.02. The zero-order valence-corrected chi connectivity index (χ0v) is 18.9. The molecule has 2 fully saturated rings. The predicted molar refractivity (Wildman–Crippen MR) is 112 cm³/mol. The summed E-state index contributed by atoms with van der Waals surface area (Å²) in [5.41, 5.74) is 0.840. The van der Waals surface area contributed by atoms with Crippen molar-refractivity contribution in [3.8, 4) is 5.88 Å². The van der Waals surface area contributed by atoms with Crippen LogP contribution in [0, 0.1) is 6.92 Å². The van der Waals surface area contributed by atoms with Gasteiger partial charge >= 0.3 is 6.09 Å². The van der Waals surface area contributed by atoms with Gasteiger partial charge < -0.3 is 19.3 Å². The number of nitrogens with zero attached hydrogens (tertiary/aromatic N) is 5. The van der Waals surface area contributed by atoms with Crippen LogP contribution in [-0.2, 0) is 14.8 Å². The second-order valence-corrected chi connectivity index (χ2v) is 10.00. The van der Waals surface area contributed by atoms with Crippen molar-refractivity contribution in [2.45, 2.75) is 45.8 Å². The highest BCUT2D eigenvalue weighted by molar-refractivity contribution is 7.88. The third-order valence-electron chi connectivity index (χ3n) is 5.33. The first-order valence-electron chi connectivity index (χ1n) is 10.3. The lowest BCUT2D eigenvalue weighted by Gasteiger charge is -2.35. The fourth-order valence-corrected chi connectivity index (χ4v) is 4.51. The van der Waals surface area contributed by atoms with Crippen LogP contribution in [-0.4, -0.2) is 91.4 Å². The van der Waals surface area contributed by atoms with Gasteiger partial charge in [0.25, 0.3) is 0 Å². The molecule has 0 atom stereocenters. The van der Waals surface area contributed by atoms with Crippen LogP contribution in [0.15, 0.2) is 6.33 Å². The number of ether oxygens (including phenoxy) is 2. The summed E-state index contributed by atoms with van der Waals surface area (Å²) < 4.78 is 36.3. The van der Waals surface area contributed by atoms with Gasteiger partial charge in [0.1, 0.15) is 18.2 Å². The summed E-state index contributed by atoms with van der Waals surface area (Å²) in [7, 11) is -3.17. The minimum Gasteiger partial charge on any atom is -0.474 e. The lowest BCUT2D eigenvalue weighted by atomic mass is 10.1. The molecule has 1 amide bonds. The van der Waals surface area contributed by atoms with Crippen LogP contribution in [0.5, 0.6) is 5.88 Å². The third kappa shape index (κ3) is 5.51. The van der Waals surface area contributed by atoms with Crippen LogP contribution >= 0.6 is 0 Å². The smallest absolute Gasteiger partial charge is 0.410 e. The molecule has 1 aromatic rings. The number of anilines is 1. The Hall–Kier alpha value is -2.14. The highest BCUT2D eigenvalue weighted by Crippen LogP contribution is 2.27. The van der Waals surface area contributed by atoms with Gasteiger partial charge in [-0.15, -0.1) is 0 Å². The number of sulfonamides is 1. The Balaban J connectivity index is 1.58. The number of hydrogen-bond donors (Lipinski definition) is 0. The van der Waals surface area contributed by atoms with Crippen LogP contribution in [0.2, 0.25) is 0 Å². The van der Waals surface area contributed by atoms with Gasteiger partial charge in [-0.25, -0.2) is 23.2 Å². The third-order valence-corrected chi connectivity index (χ3v) is 6.64. The summed E-state index contributed by atoms with van der Waals surface area (Å²) in [6.45, 7) is 8.77. The molecule has 11 heteroatoms. The van der Waals surface area contributed by atoms with E-state index in [1.807, 2.05) is 20.8 Å². The zero-order valence-electron chi connectivity index (χ0n) is 18.1. The van der Waals surface area contributed by atoms with Gasteiger partial charge in [0.15, 0.2) is 0 Å². The van der Waals surface area contributed by atoms with E-state index in [0.717, 1.165) is 11.4 Å². The molecule has 2 saturated heterocycles. The molecule has 0 spiro atoms. The number of hydrogen-bond acceptors (Lipinski definition) is 8. The standard InChI is InChI=1S/C19H31N5O5S/c1-14(2)28-19(25)23-7-5-16(6-8-23)29-18-15(3)17(20-13-21-18)22-9-11-24(12-10-22)30(4,26)27/h13-14,16H,5-12H2,1-4H3. The zero-order chi connectivity index (χ0) is 21.9. The van der Waals surface area contributed by atoms with Crippen LogP contribution in [0.1, 0.15) is 32.3 Å². The quantitative estimate of drug-likeness (QED) is 0.672. The molecule has 168 valence electrons. The Morgan fingerprint density at radius 1 is 1.10 bits per heavy atom. The van der Waals surface area contributed by atoms with Gasteiger partial charge in [-0.3, -0.25) is 0 Å². The fourth-order valence-electron chi connectivity index (χ4n) is 3.68. The number of rotatable bonds is 5. The summed E-state index contributed by atoms with van der Waals surface area (Å²) in [5.74, 6) is 1.31. The monoisotopic (exact) mass is 441 g/mol. The van der Waals surface area contributed by atoms with E-state index in [1.54, 1.807) is 4.90 Å². The Morgan fingerprint density at radius 2 is 1.73 bits per heavy atom. The van der Waals surface area contributed by atoms with Crippen molar-refractivity contribution in [1.29, 1.82) is 0 Å². The van der Waals surface area contributed by atoms with Crippen molar-refractivity contribution in [3.05, 3.63) is 11.9 Å². The molecule has 0 saturated carbocycles. The van der Waals surface area contributed by atoms with Crippen LogP contribution in [0.4, 0.5) is 10.6 Å². The molecule has 0 aliphatic carbocycles. The number of carbonyl (C=O) groups is 1. The summed E-state index contributed by atoms with van der Waals surface area (Å²) in [6.07, 6.45) is 3.69. The molecule has 0 N–H and O–H groups in total. The van der Waals surface area contributed by atoms with E-state index in [1.165, 1.54) is 16.9 Å². The number of piperazine rings is 1. The predicted octanol–water partition coefficient (Wildman–Crippen LogP) is 1.25. The molecule has 0 unspecified atom stereocenters. The van der Waals surface area contributed by atoms with Crippen molar-refractivity contribution in [1.82, 2.24) is 19.2 Å². The average Bonchev–Trinajstić information content (AvgIpc) is 2.69. The fraction of sp³-hybridized carbons (Fsp3) is 0.737. The SMILES string of the molecule is Cc1c(OC2CCN(C(=O)OC(C)C)CC2)ncnc1N1CCN(S(C)(=O)=O)CC1. The molecule has 3 rings (SSSR count). The van der Waals surface area contributed by atoms with Gasteiger partial charge in [0.05, 0.1) is 17.9 Å². The molecule has 2 aliphatic rings. The van der Waals surface area contributed by atoms with E-state index in [9.17, 15) is 13.2 Å². The van der Waals surface area contributed by atoms with E-state index in [4.69, 9.17) is 9.47 Å². The number of likely N-dealkylation sites (tertiary alicyclic amines) is 1. The summed E-state index contributed by atoms with van der Waals surface area (Å²) >= 11 is 0. The highest BCUT2D eigenvalue weighted by atomic mass is 32.2. The molecule has 0 bridgehead atoms. The van der Waals surface area contributed by atoms with Gasteiger partial charge in [-0.2, -0.15) is 4.31 Å². The second-order valence-electron chi connectivity index (χ2n) is 8.01. The molecule has 30 heavy (non-hydrogen) atoms. The molecule has 3 heterocycles. The highest BCUT2D eigenvalue weighted by Gasteiger charge is 2.28. The number of piperidine rings is 1. The van der Waals surface area contributed by atoms with Crippen molar-refractivity contribution in [3.63, 3.8) is 0 Å². The molecule has 10 nitrogen and oxygen atoms in total. The lowest BCUT2D eigenvalue weighted by Crippen LogP contribution is -2.48. The second kappa shape index (κ2) is 9.34. The molecule has 2 aliphatic heterocycles. The van der Waals surface area contributed by atoms with Crippen LogP contribution in [0.3, 0.4) is 0 Å². The molecular weight excluding hydrogens is 410 g/mol. The summed E-state index contributed by atoms with van der Waals surface area (Å²) in [4.78, 5) is 24.5. The number of amides is 1. The van der Waals surface area contributed by atoms with Crippen molar-refractivity contribution < 1.29 is 22.7 Å². The minimum absolute atomic E-state index is 0.0309. The first-order chi connectivity index (χ1) is 14.1. The Bertz CT molecular complexity index is 847. The molecular formula is C19H31N5O5S. The van der Waals surface area contributed by atoms with Gasteiger partial charge in [-0.1, -0.05) is 0 Å². The number of aromatic nitrogens is 2. The largest absolute Gasteiger partial charge is 0.474 e. The van der Waals surface area contributed by atoms with Gasteiger partial charge in [-0.05, 0) is 20.8 Å². The van der Waals surface area contributed by atoms with E-state index in [2.05, 4.69) is 14.9 Å². The minimum atomic E-state index is -3.17. The van der Waals surface area contributed by atoms with Crippen LogP contribution < -0.4 is 9.64 Å². The lowest BCUT2D eigenvalue weighted by molar-refractivity contribution is 0.0505. The summed E-state index contributed by atoms with van der Waals surface area (Å²) in [6, 6.07) is 0. The average molecular weight is 442 g/mol. The van der Waals surface area contributed by atoms with E-state index < -0.39 is 10.0 Å². The van der Waals surface area contributed by atoms with Gasteiger partial charge in [0, 0.05) is 52.1 Å². The maximum atomic E-state index is 12.0. The normalized spacial score (nSPS) is 19.2. The van der Waals surface area contributed by atoms with Crippen molar-refractivity contribution in [2.75, 3.05) is 50.4 Å². The van der Waals surface area contributed by atoms with Crippen molar-refractivity contribution in [2.24, 2.45) is 0 Å². The molecule has 1 aromatic heterocycles. The first kappa shape index (κ1) is 22.5. The van der Waals surface area contributed by atoms with Crippen LogP contribution in [0.25, 0.3) is 0 Å². The van der Waals surface area contributed by atoms with E-state index in [-0.39, 0.29) is 18.3 Å². The maximum Gasteiger partial charge on any atom is 0.410 e. The van der Waals surface area contributed by atoms with E-state index >= 15 is 0 Å². The topological polar surface area (TPSA) is 105 Å². The van der Waals surface area contributed by atoms with Crippen molar-refractivity contribution >= 4 is 21.9 Å². The van der Waals surface area contributed by atoms with Gasteiger partial charge in [0.2, 0.25) is 15.9 Å². The number of carbonyl (C=O) groups excluding carboxylic acids is 1. The van der Waals surface area contributed by atoms with E-state index in [0.29, 0.717) is 58.0 Å². The Labute approximate surface area is 178 Å². The summed E-state index contributed by atoms with van der Waals surface area (Å²) in [5, 5.41) is 0. The Morgan fingerprint density at radius 3 is 2.30 bits per heavy atom.